The maximum absolute atomic E-state index is 9.42. The van der Waals surface area contributed by atoms with E-state index in [1.54, 1.807) is 0 Å². The molecule has 0 radical (unpaired) electrons. The molecule has 0 aliphatic rings. The van der Waals surface area contributed by atoms with Gasteiger partial charge in [-0.15, -0.1) is 0 Å². The molecular formula is C15H27N5. The summed E-state index contributed by atoms with van der Waals surface area (Å²) in [6, 6.07) is 3.00. The third-order valence-electron chi connectivity index (χ3n) is 3.62. The van der Waals surface area contributed by atoms with Crippen LogP contribution in [0.15, 0.2) is 12.4 Å². The first-order valence-corrected chi connectivity index (χ1v) is 7.13. The third-order valence-corrected chi connectivity index (χ3v) is 3.62. The lowest BCUT2D eigenvalue weighted by Gasteiger charge is -2.33. The summed E-state index contributed by atoms with van der Waals surface area (Å²) in [5.74, 6) is 1.04. The molecule has 1 N–H and O–H groups in total. The van der Waals surface area contributed by atoms with Crippen LogP contribution in [0, 0.1) is 11.3 Å². The summed E-state index contributed by atoms with van der Waals surface area (Å²) >= 11 is 0. The van der Waals surface area contributed by atoms with Crippen molar-refractivity contribution in [2.75, 3.05) is 7.05 Å². The van der Waals surface area contributed by atoms with Crippen molar-refractivity contribution in [3.05, 3.63) is 18.2 Å². The van der Waals surface area contributed by atoms with Crippen molar-refractivity contribution in [1.29, 1.82) is 5.26 Å². The fourth-order valence-corrected chi connectivity index (χ4v) is 2.45. The van der Waals surface area contributed by atoms with Gasteiger partial charge in [0.1, 0.15) is 11.4 Å². The van der Waals surface area contributed by atoms with Gasteiger partial charge in [0.05, 0.1) is 12.6 Å². The molecule has 1 rings (SSSR count). The topological polar surface area (TPSA) is 56.9 Å². The predicted octanol–water partition coefficient (Wildman–Crippen LogP) is 1.91. The molecule has 0 aliphatic carbocycles. The Labute approximate surface area is 122 Å². The number of rotatable bonds is 7. The smallest absolute Gasteiger partial charge is 0.122 e. The minimum Gasteiger partial charge on any atom is -0.337 e. The summed E-state index contributed by atoms with van der Waals surface area (Å²) in [6.45, 7) is 9.04. The summed E-state index contributed by atoms with van der Waals surface area (Å²) in [5.41, 5.74) is -0.497. The van der Waals surface area contributed by atoms with E-state index in [0.717, 1.165) is 18.8 Å². The van der Waals surface area contributed by atoms with Crippen LogP contribution in [0.2, 0.25) is 0 Å². The van der Waals surface area contributed by atoms with Crippen LogP contribution in [0.4, 0.5) is 0 Å². The Morgan fingerprint density at radius 1 is 1.50 bits per heavy atom. The Kier molecular flexibility index (Phi) is 5.73. The largest absolute Gasteiger partial charge is 0.337 e. The van der Waals surface area contributed by atoms with Gasteiger partial charge in [0, 0.05) is 31.5 Å². The molecule has 20 heavy (non-hydrogen) atoms. The quantitative estimate of drug-likeness (QED) is 0.827. The SMILES string of the molecule is CC(C)NC(C)(C#N)CC(C)N(C)Cc1nccn1C. The summed E-state index contributed by atoms with van der Waals surface area (Å²) in [4.78, 5) is 6.58. The number of aryl methyl sites for hydroxylation is 1. The highest BCUT2D eigenvalue weighted by Crippen LogP contribution is 2.17. The molecule has 0 spiro atoms. The summed E-state index contributed by atoms with van der Waals surface area (Å²) < 4.78 is 2.03. The maximum Gasteiger partial charge on any atom is 0.122 e. The molecular weight excluding hydrogens is 250 g/mol. The zero-order valence-electron chi connectivity index (χ0n) is 13.5. The van der Waals surface area contributed by atoms with Gasteiger partial charge in [0.25, 0.3) is 0 Å². The average Bonchev–Trinajstić information content (AvgIpc) is 2.73. The third kappa shape index (κ3) is 4.62. The van der Waals surface area contributed by atoms with Gasteiger partial charge in [-0.25, -0.2) is 4.98 Å². The predicted molar refractivity (Wildman–Crippen MR) is 81.0 cm³/mol. The molecule has 112 valence electrons. The van der Waals surface area contributed by atoms with Gasteiger partial charge in [0.15, 0.2) is 0 Å². The molecule has 0 fully saturated rings. The molecule has 0 aromatic carbocycles. The van der Waals surface area contributed by atoms with Crippen molar-refractivity contribution in [3.63, 3.8) is 0 Å². The van der Waals surface area contributed by atoms with Crippen LogP contribution in [0.25, 0.3) is 0 Å². The van der Waals surface area contributed by atoms with Crippen LogP contribution in [0.5, 0.6) is 0 Å². The highest BCUT2D eigenvalue weighted by atomic mass is 15.2. The zero-order chi connectivity index (χ0) is 15.3. The lowest BCUT2D eigenvalue weighted by atomic mass is 9.93. The lowest BCUT2D eigenvalue weighted by Crippen LogP contribution is -2.49. The second-order valence-electron chi connectivity index (χ2n) is 6.17. The molecule has 0 saturated carbocycles. The molecule has 0 saturated heterocycles. The van der Waals surface area contributed by atoms with E-state index in [1.807, 2.05) is 30.9 Å². The number of hydrogen-bond donors (Lipinski definition) is 1. The number of nitrogens with zero attached hydrogens (tertiary/aromatic N) is 4. The lowest BCUT2D eigenvalue weighted by molar-refractivity contribution is 0.196. The Morgan fingerprint density at radius 2 is 2.15 bits per heavy atom. The van der Waals surface area contributed by atoms with E-state index in [0.29, 0.717) is 12.1 Å². The minimum absolute atomic E-state index is 0.294. The van der Waals surface area contributed by atoms with Crippen LogP contribution < -0.4 is 5.32 Å². The molecule has 1 heterocycles. The monoisotopic (exact) mass is 277 g/mol. The molecule has 5 heteroatoms. The van der Waals surface area contributed by atoms with Crippen molar-refractivity contribution >= 4 is 0 Å². The van der Waals surface area contributed by atoms with Gasteiger partial charge in [-0.2, -0.15) is 5.26 Å². The number of nitriles is 1. The average molecular weight is 277 g/mol. The van der Waals surface area contributed by atoms with Gasteiger partial charge in [-0.1, -0.05) is 0 Å². The number of hydrogen-bond acceptors (Lipinski definition) is 4. The van der Waals surface area contributed by atoms with E-state index in [1.165, 1.54) is 0 Å². The fraction of sp³-hybridized carbons (Fsp3) is 0.733. The second kappa shape index (κ2) is 6.87. The van der Waals surface area contributed by atoms with E-state index in [-0.39, 0.29) is 0 Å². The van der Waals surface area contributed by atoms with Crippen molar-refractivity contribution in [3.8, 4) is 6.07 Å². The Balaban J connectivity index is 2.63. The fourth-order valence-electron chi connectivity index (χ4n) is 2.45. The normalized spacial score (nSPS) is 16.1. The van der Waals surface area contributed by atoms with Crippen molar-refractivity contribution < 1.29 is 0 Å². The van der Waals surface area contributed by atoms with E-state index in [4.69, 9.17) is 0 Å². The standard InChI is InChI=1S/C15H27N5/c1-12(2)18-15(4,11-16)9-13(3)20(6)10-14-17-7-8-19(14)5/h7-8,12-13,18H,9-10H2,1-6H3. The van der Waals surface area contributed by atoms with Gasteiger partial charge in [-0.05, 0) is 41.2 Å². The zero-order valence-corrected chi connectivity index (χ0v) is 13.5. The molecule has 2 atom stereocenters. The molecule has 5 nitrogen and oxygen atoms in total. The van der Waals surface area contributed by atoms with Crippen LogP contribution in [-0.2, 0) is 13.6 Å². The van der Waals surface area contributed by atoms with Crippen molar-refractivity contribution in [1.82, 2.24) is 19.8 Å². The highest BCUT2D eigenvalue weighted by molar-refractivity contribution is 5.06. The van der Waals surface area contributed by atoms with Crippen LogP contribution >= 0.6 is 0 Å². The van der Waals surface area contributed by atoms with E-state index < -0.39 is 5.54 Å². The maximum atomic E-state index is 9.42. The van der Waals surface area contributed by atoms with Crippen molar-refractivity contribution in [2.45, 2.75) is 58.3 Å². The Hall–Kier alpha value is -1.38. The van der Waals surface area contributed by atoms with Gasteiger partial charge >= 0.3 is 0 Å². The van der Waals surface area contributed by atoms with E-state index in [2.05, 4.69) is 49.1 Å². The summed E-state index contributed by atoms with van der Waals surface area (Å²) in [7, 11) is 4.08. The molecule has 0 aliphatic heterocycles. The Morgan fingerprint density at radius 3 is 2.60 bits per heavy atom. The molecule has 0 amide bonds. The Bertz CT molecular complexity index is 459. The highest BCUT2D eigenvalue weighted by Gasteiger charge is 2.28. The number of aromatic nitrogens is 2. The second-order valence-corrected chi connectivity index (χ2v) is 6.17. The number of nitrogens with one attached hydrogen (secondary N) is 1. The first-order valence-electron chi connectivity index (χ1n) is 7.13. The number of imidazole rings is 1. The van der Waals surface area contributed by atoms with Crippen LogP contribution in [0.1, 0.15) is 39.9 Å². The van der Waals surface area contributed by atoms with Gasteiger partial charge < -0.3 is 4.57 Å². The molecule has 1 aromatic rings. The first kappa shape index (κ1) is 16.7. The van der Waals surface area contributed by atoms with E-state index in [9.17, 15) is 5.26 Å². The van der Waals surface area contributed by atoms with Crippen LogP contribution in [-0.4, -0.2) is 39.1 Å². The minimum atomic E-state index is -0.497. The molecule has 1 aromatic heterocycles. The first-order chi connectivity index (χ1) is 9.27. The van der Waals surface area contributed by atoms with Crippen LogP contribution in [0.3, 0.4) is 0 Å². The van der Waals surface area contributed by atoms with Gasteiger partial charge in [-0.3, -0.25) is 10.2 Å². The molecule has 2 unspecified atom stereocenters. The molecule has 0 bridgehead atoms. The summed E-state index contributed by atoms with van der Waals surface area (Å²) in [6.07, 6.45) is 4.55. The summed E-state index contributed by atoms with van der Waals surface area (Å²) in [5, 5.41) is 12.8. The van der Waals surface area contributed by atoms with E-state index >= 15 is 0 Å². The van der Waals surface area contributed by atoms with Crippen molar-refractivity contribution in [2.24, 2.45) is 7.05 Å². The van der Waals surface area contributed by atoms with Gasteiger partial charge in [0.2, 0.25) is 0 Å².